The maximum Gasteiger partial charge on any atom is 0.254 e. The molecule has 1 heterocycles. The predicted octanol–water partition coefficient (Wildman–Crippen LogP) is 2.05. The van der Waals surface area contributed by atoms with Crippen molar-refractivity contribution >= 4 is 11.7 Å². The number of rotatable bonds is 3. The van der Waals surface area contributed by atoms with Crippen LogP contribution in [-0.4, -0.2) is 29.7 Å². The van der Waals surface area contributed by atoms with Gasteiger partial charge in [0.2, 0.25) is 0 Å². The second kappa shape index (κ2) is 5.13. The van der Waals surface area contributed by atoms with Gasteiger partial charge < -0.3 is 4.90 Å². The fraction of sp³-hybridized carbons (Fsp3) is 0.429. The second-order valence-electron chi connectivity index (χ2n) is 4.50. The molecular weight excluding hydrogens is 214 g/mol. The summed E-state index contributed by atoms with van der Waals surface area (Å²) in [4.78, 5) is 25.0. The standard InChI is InChI=1S/C14H17NO2/c1-11(16)8-10-15-9-4-6-12-5-2-3-7-13(12)14(15)17/h2-3,5,7H,4,6,8-10H2,1H3. The quantitative estimate of drug-likeness (QED) is 0.798. The van der Waals surface area contributed by atoms with Crippen LogP contribution in [0.3, 0.4) is 0 Å². The van der Waals surface area contributed by atoms with Gasteiger partial charge in [0, 0.05) is 25.1 Å². The third-order valence-electron chi connectivity index (χ3n) is 3.14. The zero-order valence-electron chi connectivity index (χ0n) is 10.1. The van der Waals surface area contributed by atoms with Crippen LogP contribution in [0.2, 0.25) is 0 Å². The van der Waals surface area contributed by atoms with Crippen molar-refractivity contribution in [1.29, 1.82) is 0 Å². The highest BCUT2D eigenvalue weighted by atomic mass is 16.2. The zero-order chi connectivity index (χ0) is 12.3. The van der Waals surface area contributed by atoms with Gasteiger partial charge in [-0.15, -0.1) is 0 Å². The Balaban J connectivity index is 2.17. The van der Waals surface area contributed by atoms with Gasteiger partial charge in [-0.3, -0.25) is 9.59 Å². The topological polar surface area (TPSA) is 37.4 Å². The van der Waals surface area contributed by atoms with E-state index < -0.39 is 0 Å². The number of Topliss-reactive ketones (excluding diaryl/α,β-unsaturated/α-hetero) is 1. The molecule has 0 spiro atoms. The van der Waals surface area contributed by atoms with Crippen molar-refractivity contribution in [3.63, 3.8) is 0 Å². The molecule has 0 saturated heterocycles. The molecule has 1 amide bonds. The van der Waals surface area contributed by atoms with E-state index in [4.69, 9.17) is 0 Å². The Morgan fingerprint density at radius 2 is 2.12 bits per heavy atom. The predicted molar refractivity (Wildman–Crippen MR) is 66.0 cm³/mol. The number of amides is 1. The lowest BCUT2D eigenvalue weighted by Gasteiger charge is -2.20. The average Bonchev–Trinajstić information content (AvgIpc) is 2.47. The normalized spacial score (nSPS) is 15.4. The van der Waals surface area contributed by atoms with Crippen LogP contribution in [0, 0.1) is 0 Å². The van der Waals surface area contributed by atoms with Crippen LogP contribution >= 0.6 is 0 Å². The highest BCUT2D eigenvalue weighted by Crippen LogP contribution is 2.18. The minimum Gasteiger partial charge on any atom is -0.338 e. The van der Waals surface area contributed by atoms with Crippen molar-refractivity contribution in [2.45, 2.75) is 26.2 Å². The number of hydrogen-bond donors (Lipinski definition) is 0. The molecule has 0 saturated carbocycles. The Bertz CT molecular complexity index is 440. The van der Waals surface area contributed by atoms with Crippen LogP contribution in [-0.2, 0) is 11.2 Å². The van der Waals surface area contributed by atoms with Gasteiger partial charge in [0.15, 0.2) is 0 Å². The van der Waals surface area contributed by atoms with Crippen LogP contribution in [0.4, 0.5) is 0 Å². The first-order valence-electron chi connectivity index (χ1n) is 6.05. The van der Waals surface area contributed by atoms with Crippen molar-refractivity contribution in [2.75, 3.05) is 13.1 Å². The van der Waals surface area contributed by atoms with Gasteiger partial charge in [-0.2, -0.15) is 0 Å². The van der Waals surface area contributed by atoms with E-state index in [-0.39, 0.29) is 11.7 Å². The first kappa shape index (κ1) is 11.8. The lowest BCUT2D eigenvalue weighted by Crippen LogP contribution is -2.32. The minimum absolute atomic E-state index is 0.0688. The summed E-state index contributed by atoms with van der Waals surface area (Å²) in [6.07, 6.45) is 2.37. The first-order chi connectivity index (χ1) is 8.18. The third-order valence-corrected chi connectivity index (χ3v) is 3.14. The van der Waals surface area contributed by atoms with Gasteiger partial charge in [-0.1, -0.05) is 18.2 Å². The number of benzene rings is 1. The number of fused-ring (bicyclic) bond motifs is 1. The molecule has 1 aliphatic heterocycles. The lowest BCUT2D eigenvalue weighted by atomic mass is 10.0. The van der Waals surface area contributed by atoms with E-state index in [0.29, 0.717) is 13.0 Å². The zero-order valence-corrected chi connectivity index (χ0v) is 10.1. The van der Waals surface area contributed by atoms with Crippen LogP contribution in [0.25, 0.3) is 0 Å². The van der Waals surface area contributed by atoms with Crippen molar-refractivity contribution in [1.82, 2.24) is 4.90 Å². The highest BCUT2D eigenvalue weighted by Gasteiger charge is 2.21. The average molecular weight is 231 g/mol. The molecule has 1 aromatic carbocycles. The monoisotopic (exact) mass is 231 g/mol. The third kappa shape index (κ3) is 2.73. The minimum atomic E-state index is 0.0688. The SMILES string of the molecule is CC(=O)CCN1CCCc2ccccc2C1=O. The molecule has 0 radical (unpaired) electrons. The molecule has 1 aliphatic rings. The Hall–Kier alpha value is -1.64. The molecule has 0 aliphatic carbocycles. The van der Waals surface area contributed by atoms with Crippen molar-refractivity contribution < 1.29 is 9.59 Å². The number of aryl methyl sites for hydroxylation is 1. The summed E-state index contributed by atoms with van der Waals surface area (Å²) >= 11 is 0. The smallest absolute Gasteiger partial charge is 0.254 e. The maximum atomic E-state index is 12.3. The van der Waals surface area contributed by atoms with Crippen LogP contribution < -0.4 is 0 Å². The van der Waals surface area contributed by atoms with E-state index in [9.17, 15) is 9.59 Å². The van der Waals surface area contributed by atoms with Crippen LogP contribution in [0.1, 0.15) is 35.7 Å². The fourth-order valence-corrected chi connectivity index (χ4v) is 2.18. The van der Waals surface area contributed by atoms with Gasteiger partial charge >= 0.3 is 0 Å². The van der Waals surface area contributed by atoms with E-state index in [0.717, 1.165) is 30.5 Å². The molecule has 0 unspecified atom stereocenters. The highest BCUT2D eigenvalue weighted by molar-refractivity contribution is 5.96. The number of carbonyl (C=O) groups is 2. The number of ketones is 1. The van der Waals surface area contributed by atoms with Gasteiger partial charge in [-0.25, -0.2) is 0 Å². The van der Waals surface area contributed by atoms with Crippen molar-refractivity contribution in [3.8, 4) is 0 Å². The molecule has 0 fully saturated rings. The first-order valence-corrected chi connectivity index (χ1v) is 6.05. The van der Waals surface area contributed by atoms with Crippen molar-refractivity contribution in [2.24, 2.45) is 0 Å². The summed E-state index contributed by atoms with van der Waals surface area (Å²) in [6, 6.07) is 7.76. The fourth-order valence-electron chi connectivity index (χ4n) is 2.18. The van der Waals surface area contributed by atoms with Gasteiger partial charge in [0.25, 0.3) is 5.91 Å². The van der Waals surface area contributed by atoms with E-state index in [1.807, 2.05) is 24.3 Å². The molecule has 0 bridgehead atoms. The molecule has 0 atom stereocenters. The van der Waals surface area contributed by atoms with Gasteiger partial charge in [0.1, 0.15) is 5.78 Å². The molecule has 2 rings (SSSR count). The summed E-state index contributed by atoms with van der Waals surface area (Å²) in [5.74, 6) is 0.203. The molecule has 1 aromatic rings. The summed E-state index contributed by atoms with van der Waals surface area (Å²) < 4.78 is 0. The van der Waals surface area contributed by atoms with Crippen LogP contribution in [0.15, 0.2) is 24.3 Å². The Kier molecular flexibility index (Phi) is 3.57. The summed E-state index contributed by atoms with van der Waals surface area (Å²) in [5.41, 5.74) is 1.93. The molecule has 17 heavy (non-hydrogen) atoms. The summed E-state index contributed by atoms with van der Waals surface area (Å²) in [5, 5.41) is 0. The van der Waals surface area contributed by atoms with Gasteiger partial charge in [0.05, 0.1) is 0 Å². The summed E-state index contributed by atoms with van der Waals surface area (Å²) in [7, 11) is 0. The molecule has 0 N–H and O–H groups in total. The molecule has 0 aromatic heterocycles. The number of hydrogen-bond acceptors (Lipinski definition) is 2. The Morgan fingerprint density at radius 3 is 2.88 bits per heavy atom. The maximum absolute atomic E-state index is 12.3. The Morgan fingerprint density at radius 1 is 1.35 bits per heavy atom. The molecule has 3 heteroatoms. The van der Waals surface area contributed by atoms with Crippen molar-refractivity contribution in [3.05, 3.63) is 35.4 Å². The lowest BCUT2D eigenvalue weighted by molar-refractivity contribution is -0.117. The largest absolute Gasteiger partial charge is 0.338 e. The van der Waals surface area contributed by atoms with E-state index in [1.54, 1.807) is 11.8 Å². The molecule has 90 valence electrons. The number of nitrogens with zero attached hydrogens (tertiary/aromatic N) is 1. The van der Waals surface area contributed by atoms with E-state index >= 15 is 0 Å². The summed E-state index contributed by atoms with van der Waals surface area (Å²) in [6.45, 7) is 2.86. The second-order valence-corrected chi connectivity index (χ2v) is 4.50. The van der Waals surface area contributed by atoms with Gasteiger partial charge in [-0.05, 0) is 31.4 Å². The Labute approximate surface area is 101 Å². The molecular formula is C14H17NO2. The number of carbonyl (C=O) groups excluding carboxylic acids is 2. The van der Waals surface area contributed by atoms with Crippen LogP contribution in [0.5, 0.6) is 0 Å². The van der Waals surface area contributed by atoms with E-state index in [1.165, 1.54) is 0 Å². The van der Waals surface area contributed by atoms with E-state index in [2.05, 4.69) is 0 Å². The molecule has 3 nitrogen and oxygen atoms in total.